The SMILES string of the molecule is Cc1oc(C)c(C(Cl)=C(C#N)c2ccccc2)c1C. The Hall–Kier alpha value is -1.98. The molecule has 0 unspecified atom stereocenters. The van der Waals surface area contributed by atoms with Crippen LogP contribution in [0.25, 0.3) is 10.6 Å². The summed E-state index contributed by atoms with van der Waals surface area (Å²) < 4.78 is 5.57. The minimum Gasteiger partial charge on any atom is -0.466 e. The van der Waals surface area contributed by atoms with E-state index in [1.807, 2.05) is 51.1 Å². The first-order chi connectivity index (χ1) is 9.06. The normalized spacial score (nSPS) is 11.9. The van der Waals surface area contributed by atoms with Gasteiger partial charge < -0.3 is 4.42 Å². The molecule has 0 fully saturated rings. The van der Waals surface area contributed by atoms with Crippen LogP contribution in [0.2, 0.25) is 0 Å². The van der Waals surface area contributed by atoms with Crippen molar-refractivity contribution in [2.45, 2.75) is 20.8 Å². The number of halogens is 1. The van der Waals surface area contributed by atoms with Crippen LogP contribution in [0.5, 0.6) is 0 Å². The van der Waals surface area contributed by atoms with Gasteiger partial charge in [-0.3, -0.25) is 0 Å². The first-order valence-electron chi connectivity index (χ1n) is 5.98. The van der Waals surface area contributed by atoms with Crippen LogP contribution in [0.3, 0.4) is 0 Å². The lowest BCUT2D eigenvalue weighted by Crippen LogP contribution is -1.88. The highest BCUT2D eigenvalue weighted by Gasteiger charge is 2.18. The van der Waals surface area contributed by atoms with Crippen molar-refractivity contribution in [3.05, 3.63) is 58.5 Å². The number of rotatable bonds is 2. The van der Waals surface area contributed by atoms with Crippen LogP contribution in [0, 0.1) is 32.1 Å². The number of aryl methyl sites for hydroxylation is 2. The molecule has 2 nitrogen and oxygen atoms in total. The molecule has 0 radical (unpaired) electrons. The molecule has 0 spiro atoms. The molecule has 1 heterocycles. The summed E-state index contributed by atoms with van der Waals surface area (Å²) in [6.45, 7) is 5.70. The van der Waals surface area contributed by atoms with Crippen LogP contribution < -0.4 is 0 Å². The average molecular weight is 272 g/mol. The van der Waals surface area contributed by atoms with E-state index in [1.54, 1.807) is 0 Å². The lowest BCUT2D eigenvalue weighted by Gasteiger charge is -2.04. The fourth-order valence-corrected chi connectivity index (χ4v) is 2.51. The van der Waals surface area contributed by atoms with E-state index < -0.39 is 0 Å². The van der Waals surface area contributed by atoms with Gasteiger partial charge in [0.05, 0.1) is 10.6 Å². The second-order valence-electron chi connectivity index (χ2n) is 4.38. The summed E-state index contributed by atoms with van der Waals surface area (Å²) in [5, 5.41) is 9.82. The Bertz CT molecular complexity index is 675. The largest absolute Gasteiger partial charge is 0.466 e. The van der Waals surface area contributed by atoms with Crippen molar-refractivity contribution >= 4 is 22.2 Å². The fourth-order valence-electron chi connectivity index (χ4n) is 2.09. The second-order valence-corrected chi connectivity index (χ2v) is 4.76. The molecular formula is C16H14ClNO. The molecule has 2 rings (SSSR count). The zero-order valence-electron chi connectivity index (χ0n) is 11.1. The van der Waals surface area contributed by atoms with E-state index in [9.17, 15) is 5.26 Å². The molecule has 3 heteroatoms. The number of furan rings is 1. The topological polar surface area (TPSA) is 36.9 Å². The van der Waals surface area contributed by atoms with E-state index in [1.165, 1.54) is 0 Å². The molecule has 19 heavy (non-hydrogen) atoms. The molecule has 1 aromatic carbocycles. The first-order valence-corrected chi connectivity index (χ1v) is 6.36. The van der Waals surface area contributed by atoms with Crippen LogP contribution >= 0.6 is 11.6 Å². The van der Waals surface area contributed by atoms with Gasteiger partial charge in [-0.05, 0) is 31.9 Å². The minimum atomic E-state index is 0.445. The van der Waals surface area contributed by atoms with Crippen molar-refractivity contribution in [3.8, 4) is 6.07 Å². The molecule has 0 saturated heterocycles. The summed E-state index contributed by atoms with van der Waals surface area (Å²) in [7, 11) is 0. The van der Waals surface area contributed by atoms with Crippen LogP contribution in [0.15, 0.2) is 34.7 Å². The standard InChI is InChI=1S/C16H14ClNO/c1-10-11(2)19-12(3)15(10)16(17)14(9-18)13-7-5-4-6-8-13/h4-8H,1-3H3. The highest BCUT2D eigenvalue weighted by molar-refractivity contribution is 6.53. The van der Waals surface area contributed by atoms with E-state index >= 15 is 0 Å². The fraction of sp³-hybridized carbons (Fsp3) is 0.188. The van der Waals surface area contributed by atoms with Crippen molar-refractivity contribution in [2.24, 2.45) is 0 Å². The predicted octanol–water partition coefficient (Wildman–Crippen LogP) is 4.84. The number of nitriles is 1. The third-order valence-electron chi connectivity index (χ3n) is 3.17. The molecule has 0 atom stereocenters. The van der Waals surface area contributed by atoms with Crippen LogP contribution in [0.1, 0.15) is 28.2 Å². The molecule has 0 saturated carbocycles. The number of nitrogens with zero attached hydrogens (tertiary/aromatic N) is 1. The average Bonchev–Trinajstić information content (AvgIpc) is 2.65. The summed E-state index contributed by atoms with van der Waals surface area (Å²) in [6.07, 6.45) is 0. The Morgan fingerprint density at radius 1 is 1.11 bits per heavy atom. The summed E-state index contributed by atoms with van der Waals surface area (Å²) >= 11 is 6.43. The molecular weight excluding hydrogens is 258 g/mol. The van der Waals surface area contributed by atoms with Gasteiger partial charge in [-0.15, -0.1) is 0 Å². The lowest BCUT2D eigenvalue weighted by atomic mass is 10.0. The van der Waals surface area contributed by atoms with Crippen molar-refractivity contribution < 1.29 is 4.42 Å². The summed E-state index contributed by atoms with van der Waals surface area (Å²) in [5.74, 6) is 1.57. The Labute approximate surface area is 117 Å². The van der Waals surface area contributed by atoms with Gasteiger partial charge in [0.25, 0.3) is 0 Å². The van der Waals surface area contributed by atoms with Crippen molar-refractivity contribution in [2.75, 3.05) is 0 Å². The van der Waals surface area contributed by atoms with Crippen molar-refractivity contribution in [1.29, 1.82) is 5.26 Å². The molecule has 0 aliphatic rings. The minimum absolute atomic E-state index is 0.445. The maximum Gasteiger partial charge on any atom is 0.110 e. The van der Waals surface area contributed by atoms with E-state index in [0.29, 0.717) is 10.6 Å². The molecule has 0 bridgehead atoms. The van der Waals surface area contributed by atoms with Crippen LogP contribution in [0.4, 0.5) is 0 Å². The zero-order chi connectivity index (χ0) is 14.0. The number of allylic oxidation sites excluding steroid dienone is 1. The number of hydrogen-bond acceptors (Lipinski definition) is 2. The molecule has 96 valence electrons. The number of benzene rings is 1. The van der Waals surface area contributed by atoms with Crippen molar-refractivity contribution in [1.82, 2.24) is 0 Å². The van der Waals surface area contributed by atoms with Gasteiger partial charge >= 0.3 is 0 Å². The van der Waals surface area contributed by atoms with Gasteiger partial charge in [0.2, 0.25) is 0 Å². The van der Waals surface area contributed by atoms with E-state index in [4.69, 9.17) is 16.0 Å². The zero-order valence-corrected chi connectivity index (χ0v) is 11.9. The van der Waals surface area contributed by atoms with E-state index in [0.717, 1.165) is 28.2 Å². The monoisotopic (exact) mass is 271 g/mol. The summed E-state index contributed by atoms with van der Waals surface area (Å²) in [6, 6.07) is 11.6. The Kier molecular flexibility index (Phi) is 3.78. The second kappa shape index (κ2) is 5.34. The first kappa shape index (κ1) is 13.5. The van der Waals surface area contributed by atoms with Gasteiger partial charge in [-0.1, -0.05) is 41.9 Å². The maximum absolute atomic E-state index is 9.38. The molecule has 0 aliphatic carbocycles. The van der Waals surface area contributed by atoms with Crippen LogP contribution in [-0.4, -0.2) is 0 Å². The predicted molar refractivity (Wildman–Crippen MR) is 77.6 cm³/mol. The molecule has 0 amide bonds. The van der Waals surface area contributed by atoms with E-state index in [2.05, 4.69) is 6.07 Å². The van der Waals surface area contributed by atoms with Crippen LogP contribution in [-0.2, 0) is 0 Å². The Morgan fingerprint density at radius 2 is 1.74 bits per heavy atom. The molecule has 2 aromatic rings. The molecule has 1 aromatic heterocycles. The van der Waals surface area contributed by atoms with Gasteiger partial charge in [-0.25, -0.2) is 0 Å². The Balaban J connectivity index is 2.66. The maximum atomic E-state index is 9.38. The highest BCUT2D eigenvalue weighted by atomic mass is 35.5. The Morgan fingerprint density at radius 3 is 2.21 bits per heavy atom. The smallest absolute Gasteiger partial charge is 0.110 e. The molecule has 0 N–H and O–H groups in total. The van der Waals surface area contributed by atoms with Gasteiger partial charge in [0, 0.05) is 5.56 Å². The van der Waals surface area contributed by atoms with Gasteiger partial charge in [0.15, 0.2) is 0 Å². The van der Waals surface area contributed by atoms with Crippen molar-refractivity contribution in [3.63, 3.8) is 0 Å². The summed E-state index contributed by atoms with van der Waals surface area (Å²) in [4.78, 5) is 0. The highest BCUT2D eigenvalue weighted by Crippen LogP contribution is 2.35. The lowest BCUT2D eigenvalue weighted by molar-refractivity contribution is 0.502. The van der Waals surface area contributed by atoms with Gasteiger partial charge in [0.1, 0.15) is 17.6 Å². The third-order valence-corrected chi connectivity index (χ3v) is 3.55. The van der Waals surface area contributed by atoms with E-state index in [-0.39, 0.29) is 0 Å². The third kappa shape index (κ3) is 2.43. The van der Waals surface area contributed by atoms with Gasteiger partial charge in [-0.2, -0.15) is 5.26 Å². The summed E-state index contributed by atoms with van der Waals surface area (Å²) in [5.41, 5.74) is 3.08. The number of hydrogen-bond donors (Lipinski definition) is 0. The molecule has 0 aliphatic heterocycles. The quantitative estimate of drug-likeness (QED) is 0.733.